The molecule has 2 aromatic heterocycles. The molecule has 0 radical (unpaired) electrons. The molecule has 0 N–H and O–H groups in total. The molecule has 0 saturated heterocycles. The van der Waals surface area contributed by atoms with Gasteiger partial charge in [0.15, 0.2) is 0 Å². The van der Waals surface area contributed by atoms with Gasteiger partial charge < -0.3 is 4.40 Å². The SMILES string of the molecule is c1ccc2c(c1)-c1ccccc1C21c2ccccc2-c2ccc(-c3c4ccccc4cc4c3c3cccc5c6c(-c7ccc8c(c7)C7(c9ccccc9-c9ccccc97)c7ccccc7-8)c7ccccc7cc6n4c35)cc21. The molecule has 13 aromatic carbocycles. The molecule has 4 aliphatic rings. The molecule has 0 unspecified atom stereocenters. The van der Waals surface area contributed by atoms with Crippen LogP contribution < -0.4 is 0 Å². The maximum Gasteiger partial charge on any atom is 0.0725 e. The Kier molecular flexibility index (Phi) is 7.43. The van der Waals surface area contributed by atoms with Crippen molar-refractivity contribution in [1.29, 1.82) is 0 Å². The minimum absolute atomic E-state index is 0.438. The molecule has 352 valence electrons. The third kappa shape index (κ3) is 4.65. The molecule has 1 heteroatoms. The van der Waals surface area contributed by atoms with Crippen molar-refractivity contribution in [2.24, 2.45) is 0 Å². The lowest BCUT2D eigenvalue weighted by atomic mass is 9.70. The van der Waals surface area contributed by atoms with Gasteiger partial charge in [0.1, 0.15) is 0 Å². The second kappa shape index (κ2) is 14.1. The Hall–Kier alpha value is -9.82. The molecule has 19 rings (SSSR count). The van der Waals surface area contributed by atoms with Gasteiger partial charge in [-0.2, -0.15) is 0 Å². The molecule has 0 amide bonds. The van der Waals surface area contributed by atoms with E-state index in [1.54, 1.807) is 0 Å². The molecule has 15 aromatic rings. The van der Waals surface area contributed by atoms with Crippen LogP contribution in [0.5, 0.6) is 0 Å². The highest BCUT2D eigenvalue weighted by molar-refractivity contribution is 6.32. The van der Waals surface area contributed by atoms with Crippen molar-refractivity contribution in [1.82, 2.24) is 4.40 Å². The molecule has 0 fully saturated rings. The molecule has 0 bridgehead atoms. The van der Waals surface area contributed by atoms with Gasteiger partial charge in [-0.25, -0.2) is 0 Å². The van der Waals surface area contributed by atoms with E-state index < -0.39 is 10.8 Å². The quantitative estimate of drug-likeness (QED) is 0.163. The molecule has 0 saturated carbocycles. The van der Waals surface area contributed by atoms with E-state index in [4.69, 9.17) is 0 Å². The second-order valence-electron chi connectivity index (χ2n) is 22.1. The first-order valence-electron chi connectivity index (χ1n) is 27.2. The van der Waals surface area contributed by atoms with Crippen LogP contribution in [0.1, 0.15) is 44.5 Å². The Balaban J connectivity index is 0.904. The normalized spacial score (nSPS) is 14.4. The first kappa shape index (κ1) is 40.6. The molecule has 4 aliphatic carbocycles. The lowest BCUT2D eigenvalue weighted by molar-refractivity contribution is 0.794. The molecular formula is C76H43N. The van der Waals surface area contributed by atoms with Gasteiger partial charge in [-0.3, -0.25) is 0 Å². The second-order valence-corrected chi connectivity index (χ2v) is 22.1. The van der Waals surface area contributed by atoms with Crippen LogP contribution in [0.15, 0.2) is 261 Å². The Morgan fingerprint density at radius 1 is 0.234 bits per heavy atom. The molecule has 1 nitrogen and oxygen atoms in total. The number of benzene rings is 13. The fraction of sp³-hybridized carbons (Fsp3) is 0.0263. The van der Waals surface area contributed by atoms with E-state index in [2.05, 4.69) is 265 Å². The van der Waals surface area contributed by atoms with Crippen molar-refractivity contribution in [3.63, 3.8) is 0 Å². The third-order valence-electron chi connectivity index (χ3n) is 18.9. The van der Waals surface area contributed by atoms with Crippen LogP contribution >= 0.6 is 0 Å². The summed E-state index contributed by atoms with van der Waals surface area (Å²) in [6, 6.07) is 100.0. The van der Waals surface area contributed by atoms with Gasteiger partial charge in [-0.15, -0.1) is 0 Å². The zero-order valence-electron chi connectivity index (χ0n) is 41.8. The number of nitrogens with zero attached hydrogens (tertiary/aromatic N) is 1. The Labute approximate surface area is 444 Å². The minimum Gasteiger partial charge on any atom is -0.308 e. The number of hydrogen-bond acceptors (Lipinski definition) is 0. The number of aromatic nitrogens is 1. The highest BCUT2D eigenvalue weighted by atomic mass is 14.9. The van der Waals surface area contributed by atoms with Crippen molar-refractivity contribution in [2.45, 2.75) is 10.8 Å². The summed E-state index contributed by atoms with van der Waals surface area (Å²) in [5, 5.41) is 10.2. The van der Waals surface area contributed by atoms with Crippen molar-refractivity contribution in [2.75, 3.05) is 0 Å². The van der Waals surface area contributed by atoms with E-state index in [-0.39, 0.29) is 0 Å². The summed E-state index contributed by atoms with van der Waals surface area (Å²) in [5.74, 6) is 0. The zero-order valence-corrected chi connectivity index (χ0v) is 41.8. The van der Waals surface area contributed by atoms with Crippen LogP contribution in [0.3, 0.4) is 0 Å². The summed E-state index contributed by atoms with van der Waals surface area (Å²) in [5.41, 5.74) is 29.4. The first-order chi connectivity index (χ1) is 38.2. The van der Waals surface area contributed by atoms with Crippen molar-refractivity contribution < 1.29 is 0 Å². The van der Waals surface area contributed by atoms with Crippen LogP contribution in [-0.2, 0) is 10.8 Å². The summed E-state index contributed by atoms with van der Waals surface area (Å²) < 4.78 is 2.63. The topological polar surface area (TPSA) is 4.41 Å². The zero-order chi connectivity index (χ0) is 49.9. The standard InChI is InChI=1S/C76H43N/c1-3-20-48-44(18-1)42-68-72(70(48)46-36-38-56-54-26-9-15-34-64(54)75(66(56)40-46)60-30-11-5-22-50(60)51-23-6-12-31-61(51)75)58-28-17-29-59-73-69(77(68)74(58)59)43-45-19-2-4-21-49(45)71(73)47-37-39-57-55-27-10-16-35-65(55)76(67(57)41-47)62-32-13-7-24-52(62)53-25-8-14-33-63(53)76/h1-43H. The van der Waals surface area contributed by atoms with Gasteiger partial charge in [0.05, 0.1) is 27.4 Å². The number of para-hydroxylation sites is 1. The lowest BCUT2D eigenvalue weighted by Crippen LogP contribution is -2.25. The van der Waals surface area contributed by atoms with E-state index >= 15 is 0 Å². The van der Waals surface area contributed by atoms with Crippen LogP contribution in [0, 0.1) is 0 Å². The maximum absolute atomic E-state index is 2.63. The lowest BCUT2D eigenvalue weighted by Gasteiger charge is -2.30. The summed E-state index contributed by atoms with van der Waals surface area (Å²) >= 11 is 0. The molecule has 2 heterocycles. The summed E-state index contributed by atoms with van der Waals surface area (Å²) in [6.45, 7) is 0. The van der Waals surface area contributed by atoms with Gasteiger partial charge in [0.25, 0.3) is 0 Å². The van der Waals surface area contributed by atoms with E-state index in [9.17, 15) is 0 Å². The smallest absolute Gasteiger partial charge is 0.0725 e. The van der Waals surface area contributed by atoms with Crippen LogP contribution in [0.25, 0.3) is 126 Å². The Bertz CT molecular complexity index is 4730. The Morgan fingerprint density at radius 3 is 0.896 bits per heavy atom. The molecule has 2 spiro atoms. The predicted octanol–water partition coefficient (Wildman–Crippen LogP) is 19.2. The van der Waals surface area contributed by atoms with Gasteiger partial charge >= 0.3 is 0 Å². The highest BCUT2D eigenvalue weighted by Gasteiger charge is 2.53. The van der Waals surface area contributed by atoms with Crippen LogP contribution in [0.4, 0.5) is 0 Å². The van der Waals surface area contributed by atoms with Gasteiger partial charge in [0.2, 0.25) is 0 Å². The van der Waals surface area contributed by atoms with E-state index in [0.29, 0.717) is 0 Å². The summed E-state index contributed by atoms with van der Waals surface area (Å²) in [7, 11) is 0. The van der Waals surface area contributed by atoms with E-state index in [1.807, 2.05) is 0 Å². The highest BCUT2D eigenvalue weighted by Crippen LogP contribution is 2.65. The number of hydrogen-bond donors (Lipinski definition) is 0. The van der Waals surface area contributed by atoms with Crippen molar-refractivity contribution in [3.8, 4) is 66.8 Å². The van der Waals surface area contributed by atoms with Gasteiger partial charge in [0, 0.05) is 21.5 Å². The van der Waals surface area contributed by atoms with Gasteiger partial charge in [-0.1, -0.05) is 237 Å². The van der Waals surface area contributed by atoms with E-state index in [0.717, 1.165) is 0 Å². The monoisotopic (exact) mass is 969 g/mol. The number of rotatable bonds is 2. The molecule has 0 atom stereocenters. The molecular weight excluding hydrogens is 927 g/mol. The fourth-order valence-corrected chi connectivity index (χ4v) is 16.2. The largest absolute Gasteiger partial charge is 0.308 e. The van der Waals surface area contributed by atoms with Crippen LogP contribution in [0.2, 0.25) is 0 Å². The predicted molar refractivity (Wildman–Crippen MR) is 320 cm³/mol. The van der Waals surface area contributed by atoms with Crippen LogP contribution in [-0.4, -0.2) is 4.40 Å². The number of fused-ring (bicyclic) bond motifs is 28. The third-order valence-corrected chi connectivity index (χ3v) is 18.9. The average molecular weight is 970 g/mol. The minimum atomic E-state index is -0.438. The van der Waals surface area contributed by atoms with E-state index in [1.165, 1.54) is 171 Å². The maximum atomic E-state index is 2.63. The summed E-state index contributed by atoms with van der Waals surface area (Å²) in [6.07, 6.45) is 0. The fourth-order valence-electron chi connectivity index (χ4n) is 16.2. The first-order valence-corrected chi connectivity index (χ1v) is 27.2. The summed E-state index contributed by atoms with van der Waals surface area (Å²) in [4.78, 5) is 0. The van der Waals surface area contributed by atoms with Crippen molar-refractivity contribution in [3.05, 3.63) is 305 Å². The average Bonchev–Trinajstić information content (AvgIpc) is 4.51. The van der Waals surface area contributed by atoms with Crippen molar-refractivity contribution >= 4 is 59.6 Å². The molecule has 0 aliphatic heterocycles. The molecule has 77 heavy (non-hydrogen) atoms. The Morgan fingerprint density at radius 2 is 0.532 bits per heavy atom. The van der Waals surface area contributed by atoms with Gasteiger partial charge in [-0.05, 0) is 157 Å².